The highest BCUT2D eigenvalue weighted by Crippen LogP contribution is 2.35. The highest BCUT2D eigenvalue weighted by atomic mass is 19.4. The Morgan fingerprint density at radius 3 is 1.14 bits per heavy atom. The van der Waals surface area contributed by atoms with Crippen LogP contribution >= 0.6 is 0 Å². The number of hydrogen-bond donors (Lipinski definition) is 4. The Kier molecular flexibility index (Phi) is 15.5. The van der Waals surface area contributed by atoms with E-state index in [0.717, 1.165) is 11.1 Å². The summed E-state index contributed by atoms with van der Waals surface area (Å²) in [6, 6.07) is 23.6. The van der Waals surface area contributed by atoms with E-state index in [4.69, 9.17) is 9.47 Å². The van der Waals surface area contributed by atoms with Gasteiger partial charge in [-0.25, -0.2) is 29.1 Å². The van der Waals surface area contributed by atoms with Gasteiger partial charge in [-0.05, 0) is 110 Å². The van der Waals surface area contributed by atoms with Gasteiger partial charge in [0.15, 0.2) is 11.3 Å². The number of alkyl halides is 6. The number of carboxylic acid groups (broad SMARTS) is 2. The molecular weight excluding hydrogens is 975 g/mol. The molecule has 0 bridgehead atoms. The number of nitrogens with zero attached hydrogens (tertiary/aromatic N) is 4. The van der Waals surface area contributed by atoms with Gasteiger partial charge >= 0.3 is 36.2 Å². The van der Waals surface area contributed by atoms with Gasteiger partial charge in [-0.15, -0.1) is 0 Å². The first-order valence-corrected chi connectivity index (χ1v) is 22.7. The summed E-state index contributed by atoms with van der Waals surface area (Å²) in [5.41, 5.74) is 10.8. The van der Waals surface area contributed by atoms with Crippen LogP contribution in [-0.2, 0) is 9.47 Å². The molecule has 0 saturated carbocycles. The third-order valence-electron chi connectivity index (χ3n) is 12.1. The number of nitrogens with one attached hydrogen (secondary N) is 2. The average molecular weight is 1020 g/mol. The smallest absolute Gasteiger partial charge is 0.390 e. The number of rotatable bonds is 14. The summed E-state index contributed by atoms with van der Waals surface area (Å²) in [5.74, 6) is -3.00. The molecule has 0 saturated heterocycles. The molecule has 4 heterocycles. The normalized spacial score (nSPS) is 11.5. The van der Waals surface area contributed by atoms with Gasteiger partial charge < -0.3 is 30.3 Å². The monoisotopic (exact) mass is 1020 g/mol. The van der Waals surface area contributed by atoms with Gasteiger partial charge in [0, 0.05) is 47.7 Å². The van der Waals surface area contributed by atoms with Crippen molar-refractivity contribution in [2.75, 3.05) is 37.9 Å². The van der Waals surface area contributed by atoms with Crippen LogP contribution in [0.1, 0.15) is 76.5 Å². The van der Waals surface area contributed by atoms with Crippen molar-refractivity contribution in [3.05, 3.63) is 154 Å². The number of anilines is 2. The third-order valence-corrected chi connectivity index (χ3v) is 12.1. The van der Waals surface area contributed by atoms with Gasteiger partial charge in [0.25, 0.3) is 0 Å². The molecule has 0 radical (unpaired) electrons. The van der Waals surface area contributed by atoms with Crippen molar-refractivity contribution in [3.8, 4) is 44.8 Å². The summed E-state index contributed by atoms with van der Waals surface area (Å²) in [4.78, 5) is 55.7. The number of esters is 2. The molecule has 0 aliphatic heterocycles. The number of hydrogen-bond acceptors (Lipinski definition) is 10. The summed E-state index contributed by atoms with van der Waals surface area (Å²) in [7, 11) is 2.62. The molecular formula is C54H48F6N6O8. The minimum Gasteiger partial charge on any atom is -0.478 e. The minimum atomic E-state index is -4.32. The van der Waals surface area contributed by atoms with Crippen LogP contribution in [0, 0.1) is 27.7 Å². The lowest BCUT2D eigenvalue weighted by atomic mass is 10.0. The zero-order valence-corrected chi connectivity index (χ0v) is 40.6. The second kappa shape index (κ2) is 21.6. The maximum atomic E-state index is 12.8. The molecule has 0 spiro atoms. The van der Waals surface area contributed by atoms with E-state index < -0.39 is 49.1 Å². The maximum absolute atomic E-state index is 12.8. The van der Waals surface area contributed by atoms with Crippen molar-refractivity contribution >= 4 is 46.5 Å². The van der Waals surface area contributed by atoms with Crippen LogP contribution < -0.4 is 10.6 Å². The molecule has 14 nitrogen and oxygen atoms in total. The number of carboxylic acids is 2. The fourth-order valence-electron chi connectivity index (χ4n) is 8.35. The van der Waals surface area contributed by atoms with E-state index in [2.05, 4.69) is 20.6 Å². The number of aromatic nitrogens is 4. The van der Waals surface area contributed by atoms with Gasteiger partial charge in [-0.1, -0.05) is 36.4 Å². The Morgan fingerprint density at radius 1 is 0.500 bits per heavy atom. The first-order valence-electron chi connectivity index (χ1n) is 22.7. The van der Waals surface area contributed by atoms with Crippen molar-refractivity contribution < 1.29 is 65.2 Å². The lowest BCUT2D eigenvalue weighted by molar-refractivity contribution is -0.132. The van der Waals surface area contributed by atoms with Crippen LogP contribution in [0.15, 0.2) is 110 Å². The van der Waals surface area contributed by atoms with E-state index in [1.165, 1.54) is 26.4 Å². The number of methoxy groups -OCH3 is 2. The molecule has 0 aliphatic carbocycles. The molecule has 4 aromatic heterocycles. The Morgan fingerprint density at radius 2 is 0.824 bits per heavy atom. The number of pyridine rings is 2. The predicted octanol–water partition coefficient (Wildman–Crippen LogP) is 12.3. The predicted molar refractivity (Wildman–Crippen MR) is 266 cm³/mol. The first kappa shape index (κ1) is 53.1. The number of carbonyl (C=O) groups excluding carboxylic acids is 2. The van der Waals surface area contributed by atoms with Crippen molar-refractivity contribution in [3.63, 3.8) is 0 Å². The molecule has 20 heteroatoms. The molecule has 8 aromatic rings. The van der Waals surface area contributed by atoms with Crippen LogP contribution in [-0.4, -0.2) is 92.5 Å². The second-order valence-corrected chi connectivity index (χ2v) is 17.3. The molecule has 4 aromatic carbocycles. The van der Waals surface area contributed by atoms with E-state index in [1.54, 1.807) is 116 Å². The number of halogens is 6. The molecule has 0 atom stereocenters. The zero-order valence-electron chi connectivity index (χ0n) is 40.6. The topological polar surface area (TPSA) is 186 Å². The molecule has 4 N–H and O–H groups in total. The number of aryl methyl sites for hydroxylation is 4. The Labute approximate surface area is 419 Å². The summed E-state index contributed by atoms with van der Waals surface area (Å²) in [6.07, 6.45) is -3.85. The van der Waals surface area contributed by atoms with Crippen LogP contribution in [0.2, 0.25) is 0 Å². The average Bonchev–Trinajstić information content (AvgIpc) is 3.98. The second-order valence-electron chi connectivity index (χ2n) is 17.3. The van der Waals surface area contributed by atoms with E-state index in [0.29, 0.717) is 89.7 Å². The summed E-state index contributed by atoms with van der Waals surface area (Å²) < 4.78 is 90.0. The third kappa shape index (κ3) is 12.0. The van der Waals surface area contributed by atoms with E-state index in [1.807, 2.05) is 18.3 Å². The van der Waals surface area contributed by atoms with Crippen molar-refractivity contribution in [1.29, 1.82) is 0 Å². The quantitative estimate of drug-likeness (QED) is 0.0597. The number of aromatic carboxylic acids is 2. The van der Waals surface area contributed by atoms with E-state index >= 15 is 0 Å². The highest BCUT2D eigenvalue weighted by Gasteiger charge is 2.28. The van der Waals surface area contributed by atoms with Gasteiger partial charge in [-0.2, -0.15) is 26.3 Å². The summed E-state index contributed by atoms with van der Waals surface area (Å²) in [6.45, 7) is 6.25. The fourth-order valence-corrected chi connectivity index (χ4v) is 8.35. The SMILES string of the molecule is COC(=O)c1ccc(-c2cc(NCCC(F)(F)F)c3ncc(-c4ccc(C(=O)OC)c(C)c4)n3c2)cc1C.Cc1cc(-c2cc(NCCC(F)(F)F)c3ncc(-c4ccc(C(=O)O)c(C)c4)n3c2)ccc1C(=O)O. The Hall–Kier alpha value is -8.68. The van der Waals surface area contributed by atoms with E-state index in [9.17, 15) is 55.7 Å². The minimum absolute atomic E-state index is 0.153. The zero-order chi connectivity index (χ0) is 53.8. The first-order chi connectivity index (χ1) is 35.0. The lowest BCUT2D eigenvalue weighted by Crippen LogP contribution is -2.15. The number of carbonyl (C=O) groups is 4. The van der Waals surface area contributed by atoms with Crippen LogP contribution in [0.25, 0.3) is 56.1 Å². The standard InChI is InChI=1S/C28H26F3N3O4.C26H22F3N3O4/c1-16-11-18(5-7-21(16)26(35)37-3)20-13-23(32-10-9-28(29,30)31)25-33-14-24(34(25)15-20)19-6-8-22(17(2)12-19)27(36)38-4;1-14-9-16(3-5-19(14)24(33)34)18-11-21(30-8-7-26(27,28)29)23-31-12-22(32(23)13-18)17-4-6-20(25(35)36)15(2)10-17/h5-8,11-15,32H,9-10H2,1-4H3;3-6,9-13,30H,7-8H2,1-2H3,(H,33,34)(H,35,36). The summed E-state index contributed by atoms with van der Waals surface area (Å²) in [5, 5.41) is 24.4. The van der Waals surface area contributed by atoms with Crippen molar-refractivity contribution in [1.82, 2.24) is 18.8 Å². The number of fused-ring (bicyclic) bond motifs is 2. The van der Waals surface area contributed by atoms with Gasteiger partial charge in [0.2, 0.25) is 0 Å². The maximum Gasteiger partial charge on any atom is 0.390 e. The number of ether oxygens (including phenoxy) is 2. The molecule has 384 valence electrons. The Balaban J connectivity index is 0.000000217. The van der Waals surface area contributed by atoms with E-state index in [-0.39, 0.29) is 24.2 Å². The molecule has 74 heavy (non-hydrogen) atoms. The van der Waals surface area contributed by atoms with Crippen molar-refractivity contribution in [2.45, 2.75) is 52.9 Å². The fraction of sp³-hybridized carbons (Fsp3) is 0.222. The van der Waals surface area contributed by atoms with Crippen LogP contribution in [0.5, 0.6) is 0 Å². The van der Waals surface area contributed by atoms with Gasteiger partial charge in [0.05, 0.1) is 84.5 Å². The summed E-state index contributed by atoms with van der Waals surface area (Å²) >= 11 is 0. The molecule has 0 aliphatic rings. The van der Waals surface area contributed by atoms with Crippen LogP contribution in [0.3, 0.4) is 0 Å². The number of imidazole rings is 2. The molecule has 0 amide bonds. The lowest BCUT2D eigenvalue weighted by Gasteiger charge is -2.14. The highest BCUT2D eigenvalue weighted by molar-refractivity contribution is 5.94. The molecule has 0 fully saturated rings. The molecule has 0 unspecified atom stereocenters. The van der Waals surface area contributed by atoms with Gasteiger partial charge in [-0.3, -0.25) is 8.80 Å². The molecule has 8 rings (SSSR count). The van der Waals surface area contributed by atoms with Crippen LogP contribution in [0.4, 0.5) is 37.7 Å². The van der Waals surface area contributed by atoms with Crippen molar-refractivity contribution in [2.24, 2.45) is 0 Å². The largest absolute Gasteiger partial charge is 0.478 e. The number of benzene rings is 4. The Bertz CT molecular complexity index is 3470. The van der Waals surface area contributed by atoms with Gasteiger partial charge in [0.1, 0.15) is 0 Å².